The number of halogens is 2. The number of benzene rings is 2. The zero-order valence-electron chi connectivity index (χ0n) is 10.3. The second kappa shape index (κ2) is 4.50. The largest absolute Gasteiger partial charge is 0.399 e. The molecule has 2 aromatic rings. The van der Waals surface area contributed by atoms with Crippen molar-refractivity contribution in [3.8, 4) is 0 Å². The molecule has 0 saturated carbocycles. The summed E-state index contributed by atoms with van der Waals surface area (Å²) in [4.78, 5) is 0. The quantitative estimate of drug-likeness (QED) is 0.767. The molecule has 0 radical (unpaired) electrons. The average Bonchev–Trinajstić information content (AvgIpc) is 2.76. The maximum atomic E-state index is 13.6. The Morgan fingerprint density at radius 3 is 2.68 bits per heavy atom. The third-order valence-corrected chi connectivity index (χ3v) is 3.43. The molecule has 19 heavy (non-hydrogen) atoms. The van der Waals surface area contributed by atoms with Gasteiger partial charge in [0.2, 0.25) is 0 Å². The first kappa shape index (κ1) is 11.9. The lowest BCUT2D eigenvalue weighted by Gasteiger charge is -2.03. The molecule has 0 aliphatic heterocycles. The highest BCUT2D eigenvalue weighted by atomic mass is 19.1. The summed E-state index contributed by atoms with van der Waals surface area (Å²) < 4.78 is 26.8. The number of allylic oxidation sites excluding steroid dienone is 1. The molecule has 1 aliphatic carbocycles. The Bertz CT molecular complexity index is 674. The van der Waals surface area contributed by atoms with Crippen molar-refractivity contribution >= 4 is 17.3 Å². The van der Waals surface area contributed by atoms with Crippen molar-refractivity contribution in [3.63, 3.8) is 0 Å². The van der Waals surface area contributed by atoms with E-state index >= 15 is 0 Å². The number of fused-ring (bicyclic) bond motifs is 1. The molecule has 0 atom stereocenters. The van der Waals surface area contributed by atoms with Crippen LogP contribution in [-0.2, 0) is 6.42 Å². The molecule has 0 unspecified atom stereocenters. The van der Waals surface area contributed by atoms with Crippen molar-refractivity contribution < 1.29 is 8.78 Å². The highest BCUT2D eigenvalue weighted by molar-refractivity contribution is 5.86. The van der Waals surface area contributed by atoms with Gasteiger partial charge in [0, 0.05) is 11.3 Å². The molecular weight excluding hydrogens is 244 g/mol. The molecule has 96 valence electrons. The van der Waals surface area contributed by atoms with Crippen LogP contribution in [-0.4, -0.2) is 0 Å². The van der Waals surface area contributed by atoms with Gasteiger partial charge in [0.25, 0.3) is 0 Å². The van der Waals surface area contributed by atoms with Gasteiger partial charge in [-0.1, -0.05) is 6.07 Å². The maximum absolute atomic E-state index is 13.6. The summed E-state index contributed by atoms with van der Waals surface area (Å²) in [7, 11) is 0. The predicted octanol–water partition coefficient (Wildman–Crippen LogP) is 4.03. The van der Waals surface area contributed by atoms with Gasteiger partial charge < -0.3 is 5.73 Å². The lowest BCUT2D eigenvalue weighted by atomic mass is 10.0. The lowest BCUT2D eigenvalue weighted by Crippen LogP contribution is -1.88. The minimum atomic E-state index is -0.427. The average molecular weight is 257 g/mol. The Morgan fingerprint density at radius 2 is 1.84 bits per heavy atom. The predicted molar refractivity (Wildman–Crippen MR) is 73.4 cm³/mol. The Kier molecular flexibility index (Phi) is 2.82. The second-order valence-electron chi connectivity index (χ2n) is 4.75. The SMILES string of the molecule is Nc1ccc2c(c1)CCC2=Cc1cc(F)ccc1F. The Balaban J connectivity index is 2.05. The number of rotatable bonds is 1. The van der Waals surface area contributed by atoms with Crippen LogP contribution in [0.4, 0.5) is 14.5 Å². The lowest BCUT2D eigenvalue weighted by molar-refractivity contribution is 0.598. The molecule has 0 fully saturated rings. The Hall–Kier alpha value is -2.16. The van der Waals surface area contributed by atoms with E-state index in [4.69, 9.17) is 5.73 Å². The number of aryl methyl sites for hydroxylation is 1. The molecule has 0 amide bonds. The van der Waals surface area contributed by atoms with E-state index in [1.54, 1.807) is 6.08 Å². The first-order chi connectivity index (χ1) is 9.13. The smallest absolute Gasteiger partial charge is 0.130 e. The van der Waals surface area contributed by atoms with E-state index in [-0.39, 0.29) is 0 Å². The van der Waals surface area contributed by atoms with Gasteiger partial charge in [0.15, 0.2) is 0 Å². The number of nitrogens with two attached hydrogens (primary N) is 1. The zero-order chi connectivity index (χ0) is 13.4. The molecule has 2 aromatic carbocycles. The molecule has 3 heteroatoms. The van der Waals surface area contributed by atoms with Gasteiger partial charge in [-0.2, -0.15) is 0 Å². The molecular formula is C16H13F2N. The molecule has 3 rings (SSSR count). The topological polar surface area (TPSA) is 26.0 Å². The maximum Gasteiger partial charge on any atom is 0.130 e. The summed E-state index contributed by atoms with van der Waals surface area (Å²) in [6, 6.07) is 9.22. The third kappa shape index (κ3) is 2.24. The molecule has 0 bridgehead atoms. The van der Waals surface area contributed by atoms with Gasteiger partial charge in [-0.3, -0.25) is 0 Å². The van der Waals surface area contributed by atoms with Crippen molar-refractivity contribution in [2.75, 3.05) is 5.73 Å². The van der Waals surface area contributed by atoms with Crippen LogP contribution in [0.5, 0.6) is 0 Å². The van der Waals surface area contributed by atoms with E-state index in [2.05, 4.69) is 0 Å². The van der Waals surface area contributed by atoms with Crippen LogP contribution >= 0.6 is 0 Å². The molecule has 0 heterocycles. The normalized spacial score (nSPS) is 15.8. The monoisotopic (exact) mass is 257 g/mol. The van der Waals surface area contributed by atoms with Gasteiger partial charge >= 0.3 is 0 Å². The van der Waals surface area contributed by atoms with Gasteiger partial charge in [-0.25, -0.2) is 8.78 Å². The fourth-order valence-corrected chi connectivity index (χ4v) is 2.50. The first-order valence-electron chi connectivity index (χ1n) is 6.18. The minimum Gasteiger partial charge on any atom is -0.399 e. The van der Waals surface area contributed by atoms with Crippen LogP contribution < -0.4 is 5.73 Å². The molecule has 0 aromatic heterocycles. The molecule has 0 saturated heterocycles. The Morgan fingerprint density at radius 1 is 1.00 bits per heavy atom. The first-order valence-corrected chi connectivity index (χ1v) is 6.18. The van der Waals surface area contributed by atoms with E-state index in [9.17, 15) is 8.78 Å². The summed E-state index contributed by atoms with van der Waals surface area (Å²) >= 11 is 0. The van der Waals surface area contributed by atoms with Crippen molar-refractivity contribution in [3.05, 3.63) is 64.7 Å². The summed E-state index contributed by atoms with van der Waals surface area (Å²) in [5.74, 6) is -0.832. The van der Waals surface area contributed by atoms with Crippen LogP contribution in [0, 0.1) is 11.6 Å². The van der Waals surface area contributed by atoms with Gasteiger partial charge in [-0.05, 0) is 65.9 Å². The minimum absolute atomic E-state index is 0.291. The Labute approximate surface area is 110 Å². The fraction of sp³-hybridized carbons (Fsp3) is 0.125. The van der Waals surface area contributed by atoms with Crippen LogP contribution in [0.15, 0.2) is 36.4 Å². The number of anilines is 1. The molecule has 0 spiro atoms. The van der Waals surface area contributed by atoms with Gasteiger partial charge in [0.05, 0.1) is 0 Å². The summed E-state index contributed by atoms with van der Waals surface area (Å²) in [5, 5.41) is 0. The van der Waals surface area contributed by atoms with Gasteiger partial charge in [-0.15, -0.1) is 0 Å². The molecule has 1 aliphatic rings. The summed E-state index contributed by atoms with van der Waals surface area (Å²) in [5.41, 5.74) is 10.0. The summed E-state index contributed by atoms with van der Waals surface area (Å²) in [6.45, 7) is 0. The van der Waals surface area contributed by atoms with Crippen molar-refractivity contribution in [2.24, 2.45) is 0 Å². The zero-order valence-corrected chi connectivity index (χ0v) is 10.3. The van der Waals surface area contributed by atoms with Crippen molar-refractivity contribution in [1.29, 1.82) is 0 Å². The second-order valence-corrected chi connectivity index (χ2v) is 4.75. The van der Waals surface area contributed by atoms with Crippen LogP contribution in [0.3, 0.4) is 0 Å². The number of hydrogen-bond acceptors (Lipinski definition) is 1. The van der Waals surface area contributed by atoms with Crippen LogP contribution in [0.25, 0.3) is 11.6 Å². The fourth-order valence-electron chi connectivity index (χ4n) is 2.50. The number of nitrogen functional groups attached to an aromatic ring is 1. The van der Waals surface area contributed by atoms with Crippen molar-refractivity contribution in [1.82, 2.24) is 0 Å². The van der Waals surface area contributed by atoms with Crippen LogP contribution in [0.2, 0.25) is 0 Å². The van der Waals surface area contributed by atoms with E-state index in [0.717, 1.165) is 41.8 Å². The highest BCUT2D eigenvalue weighted by Crippen LogP contribution is 2.35. The molecule has 2 N–H and O–H groups in total. The number of hydrogen-bond donors (Lipinski definition) is 1. The van der Waals surface area contributed by atoms with E-state index in [1.807, 2.05) is 18.2 Å². The third-order valence-electron chi connectivity index (χ3n) is 3.43. The molecule has 1 nitrogen and oxygen atoms in total. The van der Waals surface area contributed by atoms with E-state index in [0.29, 0.717) is 5.56 Å². The van der Waals surface area contributed by atoms with E-state index in [1.165, 1.54) is 11.6 Å². The standard InChI is InChI=1S/C16H13F2N/c17-13-3-6-16(18)12(8-13)7-10-1-2-11-9-14(19)4-5-15(10)11/h3-9H,1-2,19H2. The summed E-state index contributed by atoms with van der Waals surface area (Å²) in [6.07, 6.45) is 3.44. The van der Waals surface area contributed by atoms with Crippen LogP contribution in [0.1, 0.15) is 23.1 Å². The van der Waals surface area contributed by atoms with Gasteiger partial charge in [0.1, 0.15) is 11.6 Å². The highest BCUT2D eigenvalue weighted by Gasteiger charge is 2.16. The van der Waals surface area contributed by atoms with Crippen molar-refractivity contribution in [2.45, 2.75) is 12.8 Å². The van der Waals surface area contributed by atoms with E-state index < -0.39 is 11.6 Å².